The largest absolute Gasteiger partial charge is 0.393 e. The van der Waals surface area contributed by atoms with Gasteiger partial charge in [-0.3, -0.25) is 4.90 Å². The molecular formula is C14H18ClF3N2. The second kappa shape index (κ2) is 6.33. The van der Waals surface area contributed by atoms with Crippen LogP contribution >= 0.6 is 11.6 Å². The van der Waals surface area contributed by atoms with Gasteiger partial charge in [0.15, 0.2) is 0 Å². The topological polar surface area (TPSA) is 29.3 Å². The number of piperidine rings is 1. The number of benzene rings is 1. The van der Waals surface area contributed by atoms with Crippen LogP contribution in [0.4, 0.5) is 13.2 Å². The van der Waals surface area contributed by atoms with Gasteiger partial charge in [0.25, 0.3) is 0 Å². The number of rotatable bonds is 3. The molecule has 1 aromatic carbocycles. The summed E-state index contributed by atoms with van der Waals surface area (Å²) in [5.74, 6) is -1.25. The Morgan fingerprint density at radius 2 is 1.95 bits per heavy atom. The molecule has 0 saturated carbocycles. The molecule has 0 radical (unpaired) electrons. The van der Waals surface area contributed by atoms with E-state index in [0.29, 0.717) is 24.5 Å². The highest BCUT2D eigenvalue weighted by Gasteiger charge is 2.42. The molecule has 6 heteroatoms. The second-order valence-electron chi connectivity index (χ2n) is 5.18. The van der Waals surface area contributed by atoms with Crippen LogP contribution in [0.5, 0.6) is 0 Å². The average Bonchev–Trinajstić information content (AvgIpc) is 2.41. The Morgan fingerprint density at radius 3 is 2.50 bits per heavy atom. The van der Waals surface area contributed by atoms with E-state index in [9.17, 15) is 13.2 Å². The van der Waals surface area contributed by atoms with E-state index in [1.54, 1.807) is 12.1 Å². The Kier molecular flexibility index (Phi) is 4.94. The molecule has 1 aromatic rings. The molecule has 0 amide bonds. The third-order valence-corrected chi connectivity index (χ3v) is 4.09. The molecule has 1 heterocycles. The molecule has 0 bridgehead atoms. The van der Waals surface area contributed by atoms with Crippen molar-refractivity contribution in [3.8, 4) is 0 Å². The third-order valence-electron chi connectivity index (χ3n) is 3.83. The molecule has 1 fully saturated rings. The van der Waals surface area contributed by atoms with Crippen molar-refractivity contribution in [1.82, 2.24) is 4.90 Å². The van der Waals surface area contributed by atoms with Gasteiger partial charge >= 0.3 is 6.18 Å². The third kappa shape index (κ3) is 3.65. The van der Waals surface area contributed by atoms with E-state index in [-0.39, 0.29) is 19.0 Å². The Bertz CT molecular complexity index is 433. The van der Waals surface area contributed by atoms with Crippen LogP contribution in [0, 0.1) is 5.92 Å². The van der Waals surface area contributed by atoms with E-state index in [1.165, 1.54) is 0 Å². The Balaban J connectivity index is 2.13. The summed E-state index contributed by atoms with van der Waals surface area (Å²) >= 11 is 5.83. The average molecular weight is 307 g/mol. The molecule has 1 aliphatic rings. The van der Waals surface area contributed by atoms with Crippen molar-refractivity contribution in [2.45, 2.75) is 25.1 Å². The lowest BCUT2D eigenvalue weighted by atomic mass is 9.94. The lowest BCUT2D eigenvalue weighted by Crippen LogP contribution is -2.45. The molecule has 2 rings (SSSR count). The number of halogens is 4. The van der Waals surface area contributed by atoms with Crippen molar-refractivity contribution in [3.05, 3.63) is 34.9 Å². The molecule has 1 aliphatic heterocycles. The minimum atomic E-state index is -4.13. The summed E-state index contributed by atoms with van der Waals surface area (Å²) in [4.78, 5) is 1.84. The number of hydrogen-bond acceptors (Lipinski definition) is 2. The molecule has 0 aromatic heterocycles. The zero-order chi connectivity index (χ0) is 14.8. The summed E-state index contributed by atoms with van der Waals surface area (Å²) in [6, 6.07) is 6.96. The minimum Gasteiger partial charge on any atom is -0.329 e. The summed E-state index contributed by atoms with van der Waals surface area (Å²) in [5.41, 5.74) is 6.69. The van der Waals surface area contributed by atoms with Gasteiger partial charge in [0.05, 0.1) is 5.92 Å². The molecule has 2 unspecified atom stereocenters. The fourth-order valence-corrected chi connectivity index (χ4v) is 2.86. The maximum atomic E-state index is 12.9. The van der Waals surface area contributed by atoms with Crippen molar-refractivity contribution in [2.24, 2.45) is 11.7 Å². The van der Waals surface area contributed by atoms with E-state index >= 15 is 0 Å². The van der Waals surface area contributed by atoms with Crippen LogP contribution in [-0.2, 0) is 0 Å². The van der Waals surface area contributed by atoms with Gasteiger partial charge in [0.1, 0.15) is 0 Å². The summed E-state index contributed by atoms with van der Waals surface area (Å²) in [5, 5.41) is 0.608. The molecule has 0 spiro atoms. The number of nitrogens with two attached hydrogens (primary N) is 1. The smallest absolute Gasteiger partial charge is 0.329 e. The first-order chi connectivity index (χ1) is 9.41. The molecule has 0 aliphatic carbocycles. The van der Waals surface area contributed by atoms with Crippen LogP contribution in [0.15, 0.2) is 24.3 Å². The zero-order valence-electron chi connectivity index (χ0n) is 11.0. The van der Waals surface area contributed by atoms with Crippen LogP contribution in [0.3, 0.4) is 0 Å². The van der Waals surface area contributed by atoms with Crippen LogP contribution in [-0.4, -0.2) is 30.7 Å². The normalized spacial score (nSPS) is 22.8. The van der Waals surface area contributed by atoms with Crippen LogP contribution in [0.25, 0.3) is 0 Å². The van der Waals surface area contributed by atoms with Gasteiger partial charge in [-0.15, -0.1) is 0 Å². The van der Waals surface area contributed by atoms with Gasteiger partial charge in [-0.1, -0.05) is 23.7 Å². The number of likely N-dealkylation sites (tertiary alicyclic amines) is 1. The lowest BCUT2D eigenvalue weighted by Gasteiger charge is -2.38. The molecule has 2 N–H and O–H groups in total. The van der Waals surface area contributed by atoms with Gasteiger partial charge in [-0.25, -0.2) is 0 Å². The van der Waals surface area contributed by atoms with Crippen molar-refractivity contribution in [3.63, 3.8) is 0 Å². The summed E-state index contributed by atoms with van der Waals surface area (Å²) < 4.78 is 38.6. The minimum absolute atomic E-state index is 0.0218. The SMILES string of the molecule is NCC(c1ccc(Cl)cc1)N1CCCC(C(F)(F)F)C1. The first-order valence-electron chi connectivity index (χ1n) is 6.68. The summed E-state index contributed by atoms with van der Waals surface area (Å²) in [6.07, 6.45) is -3.37. The van der Waals surface area contributed by atoms with Gasteiger partial charge < -0.3 is 5.73 Å². The molecule has 112 valence electrons. The first kappa shape index (κ1) is 15.6. The maximum absolute atomic E-state index is 12.9. The fourth-order valence-electron chi connectivity index (χ4n) is 2.74. The van der Waals surface area contributed by atoms with Crippen LogP contribution in [0.2, 0.25) is 5.02 Å². The van der Waals surface area contributed by atoms with E-state index in [4.69, 9.17) is 17.3 Å². The fraction of sp³-hybridized carbons (Fsp3) is 0.571. The summed E-state index contributed by atoms with van der Waals surface area (Å²) in [6.45, 7) is 0.970. The number of hydrogen-bond donors (Lipinski definition) is 1. The predicted molar refractivity (Wildman–Crippen MR) is 73.6 cm³/mol. The van der Waals surface area contributed by atoms with Crippen molar-refractivity contribution in [1.29, 1.82) is 0 Å². The maximum Gasteiger partial charge on any atom is 0.393 e. The summed E-state index contributed by atoms with van der Waals surface area (Å²) in [7, 11) is 0. The number of alkyl halides is 3. The highest BCUT2D eigenvalue weighted by molar-refractivity contribution is 6.30. The molecule has 2 atom stereocenters. The molecule has 20 heavy (non-hydrogen) atoms. The monoisotopic (exact) mass is 306 g/mol. The molecular weight excluding hydrogens is 289 g/mol. The van der Waals surface area contributed by atoms with E-state index < -0.39 is 12.1 Å². The predicted octanol–water partition coefficient (Wildman–Crippen LogP) is 3.61. The Morgan fingerprint density at radius 1 is 1.30 bits per heavy atom. The Hall–Kier alpha value is -0.780. The van der Waals surface area contributed by atoms with E-state index in [0.717, 1.165) is 5.56 Å². The quantitative estimate of drug-likeness (QED) is 0.924. The van der Waals surface area contributed by atoms with E-state index in [1.807, 2.05) is 17.0 Å². The van der Waals surface area contributed by atoms with Crippen LogP contribution in [0.1, 0.15) is 24.4 Å². The highest BCUT2D eigenvalue weighted by Crippen LogP contribution is 2.35. The van der Waals surface area contributed by atoms with Gasteiger partial charge in [-0.05, 0) is 37.1 Å². The standard InChI is InChI=1S/C14H18ClF3N2/c15-12-5-3-10(4-6-12)13(8-19)20-7-1-2-11(9-20)14(16,17)18/h3-6,11,13H,1-2,7-9,19H2. The van der Waals surface area contributed by atoms with Crippen molar-refractivity contribution in [2.75, 3.05) is 19.6 Å². The Labute approximate surface area is 121 Å². The lowest BCUT2D eigenvalue weighted by molar-refractivity contribution is -0.188. The molecule has 1 saturated heterocycles. The first-order valence-corrected chi connectivity index (χ1v) is 7.06. The van der Waals surface area contributed by atoms with Crippen molar-refractivity contribution < 1.29 is 13.2 Å². The van der Waals surface area contributed by atoms with Gasteiger partial charge in [-0.2, -0.15) is 13.2 Å². The second-order valence-corrected chi connectivity index (χ2v) is 5.62. The number of nitrogens with zero attached hydrogens (tertiary/aromatic N) is 1. The van der Waals surface area contributed by atoms with E-state index in [2.05, 4.69) is 0 Å². The van der Waals surface area contributed by atoms with Gasteiger partial charge in [0, 0.05) is 24.2 Å². The highest BCUT2D eigenvalue weighted by atomic mass is 35.5. The van der Waals surface area contributed by atoms with Crippen molar-refractivity contribution >= 4 is 11.6 Å². The zero-order valence-corrected chi connectivity index (χ0v) is 11.8. The van der Waals surface area contributed by atoms with Gasteiger partial charge in [0.2, 0.25) is 0 Å². The molecule has 2 nitrogen and oxygen atoms in total. The van der Waals surface area contributed by atoms with Crippen LogP contribution < -0.4 is 5.73 Å².